The molecule has 2 heterocycles. The fourth-order valence-electron chi connectivity index (χ4n) is 1.85. The van der Waals surface area contributed by atoms with Crippen LogP contribution in [0.2, 0.25) is 0 Å². The first-order valence-corrected chi connectivity index (χ1v) is 6.47. The molecule has 0 amide bonds. The smallest absolute Gasteiger partial charge is 0.0889 e. The van der Waals surface area contributed by atoms with E-state index in [-0.39, 0.29) is 0 Å². The van der Waals surface area contributed by atoms with Crippen molar-refractivity contribution >= 4 is 5.52 Å². The van der Waals surface area contributed by atoms with Crippen molar-refractivity contribution in [1.29, 1.82) is 0 Å². The summed E-state index contributed by atoms with van der Waals surface area (Å²) < 4.78 is 1.85. The Kier molecular flexibility index (Phi) is 4.66. The van der Waals surface area contributed by atoms with E-state index in [9.17, 15) is 0 Å². The molecule has 0 aliphatic heterocycles. The lowest BCUT2D eigenvalue weighted by Gasteiger charge is -2.08. The fourth-order valence-corrected chi connectivity index (χ4v) is 1.85. The third-order valence-electron chi connectivity index (χ3n) is 2.80. The van der Waals surface area contributed by atoms with E-state index in [2.05, 4.69) is 34.6 Å². The van der Waals surface area contributed by atoms with Gasteiger partial charge in [0.05, 0.1) is 17.9 Å². The van der Waals surface area contributed by atoms with E-state index < -0.39 is 0 Å². The van der Waals surface area contributed by atoms with Gasteiger partial charge < -0.3 is 10.6 Å². The summed E-state index contributed by atoms with van der Waals surface area (Å²) in [7, 11) is 0. The summed E-state index contributed by atoms with van der Waals surface area (Å²) in [6.45, 7) is 7.24. The van der Waals surface area contributed by atoms with Crippen molar-refractivity contribution < 1.29 is 0 Å². The number of rotatable bonds is 7. The Morgan fingerprint density at radius 2 is 2.17 bits per heavy atom. The number of hydrogen-bond donors (Lipinski definition) is 2. The van der Waals surface area contributed by atoms with Gasteiger partial charge in [0.2, 0.25) is 0 Å². The maximum absolute atomic E-state index is 4.28. The molecule has 18 heavy (non-hydrogen) atoms. The van der Waals surface area contributed by atoms with Gasteiger partial charge in [-0.2, -0.15) is 5.10 Å². The predicted octanol–water partition coefficient (Wildman–Crippen LogP) is 1.21. The molecule has 5 heteroatoms. The van der Waals surface area contributed by atoms with Gasteiger partial charge in [0.25, 0.3) is 0 Å². The molecule has 2 aromatic rings. The van der Waals surface area contributed by atoms with Crippen LogP contribution in [0.4, 0.5) is 0 Å². The van der Waals surface area contributed by atoms with Crippen LogP contribution < -0.4 is 10.6 Å². The lowest BCUT2D eigenvalue weighted by Crippen LogP contribution is -2.26. The highest BCUT2D eigenvalue weighted by Gasteiger charge is 2.02. The predicted molar refractivity (Wildman–Crippen MR) is 72.4 cm³/mol. The Hall–Kier alpha value is -1.46. The van der Waals surface area contributed by atoms with Crippen LogP contribution in [0.1, 0.15) is 25.8 Å². The monoisotopic (exact) mass is 247 g/mol. The van der Waals surface area contributed by atoms with Crippen molar-refractivity contribution in [1.82, 2.24) is 25.2 Å². The van der Waals surface area contributed by atoms with Crippen LogP contribution in [0.3, 0.4) is 0 Å². The molecule has 0 atom stereocenters. The number of nitrogens with zero attached hydrogens (tertiary/aromatic N) is 3. The first-order valence-electron chi connectivity index (χ1n) is 6.47. The Bertz CT molecular complexity index is 477. The molecule has 5 nitrogen and oxygen atoms in total. The van der Waals surface area contributed by atoms with Gasteiger partial charge >= 0.3 is 0 Å². The molecule has 2 aromatic heterocycles. The van der Waals surface area contributed by atoms with Gasteiger partial charge in [-0.3, -0.25) is 4.98 Å². The van der Waals surface area contributed by atoms with Gasteiger partial charge in [-0.25, -0.2) is 4.52 Å². The minimum absolute atomic E-state index is 0.565. The molecule has 98 valence electrons. The second-order valence-electron chi connectivity index (χ2n) is 4.72. The van der Waals surface area contributed by atoms with Crippen LogP contribution >= 0.6 is 0 Å². The molecule has 0 aliphatic carbocycles. The van der Waals surface area contributed by atoms with Crippen LogP contribution in [0.25, 0.3) is 5.52 Å². The summed E-state index contributed by atoms with van der Waals surface area (Å²) in [6.07, 6.45) is 8.50. The SMILES string of the molecule is CC(C)NCCCNCc1cnn2ccncc12. The number of fused-ring (bicyclic) bond motifs is 1. The molecule has 0 aromatic carbocycles. The van der Waals surface area contributed by atoms with Crippen molar-refractivity contribution in [2.75, 3.05) is 13.1 Å². The van der Waals surface area contributed by atoms with Crippen molar-refractivity contribution in [3.8, 4) is 0 Å². The first kappa shape index (κ1) is 13.0. The van der Waals surface area contributed by atoms with Crippen LogP contribution in [-0.4, -0.2) is 33.7 Å². The van der Waals surface area contributed by atoms with E-state index in [1.54, 1.807) is 6.20 Å². The van der Waals surface area contributed by atoms with E-state index >= 15 is 0 Å². The zero-order chi connectivity index (χ0) is 12.8. The molecule has 0 unspecified atom stereocenters. The van der Waals surface area contributed by atoms with E-state index in [0.717, 1.165) is 31.6 Å². The average molecular weight is 247 g/mol. The zero-order valence-corrected chi connectivity index (χ0v) is 11.1. The molecule has 0 bridgehead atoms. The quantitative estimate of drug-likeness (QED) is 0.722. The molecule has 2 N–H and O–H groups in total. The molecule has 0 saturated carbocycles. The van der Waals surface area contributed by atoms with Gasteiger partial charge in [-0.15, -0.1) is 0 Å². The standard InChI is InChI=1S/C13H21N5/c1-11(2)16-5-3-4-14-8-12-9-17-18-7-6-15-10-13(12)18/h6-7,9-11,14,16H,3-5,8H2,1-2H3. The van der Waals surface area contributed by atoms with Gasteiger partial charge in [-0.1, -0.05) is 13.8 Å². The average Bonchev–Trinajstić information content (AvgIpc) is 2.77. The highest BCUT2D eigenvalue weighted by atomic mass is 15.2. The maximum Gasteiger partial charge on any atom is 0.0889 e. The minimum Gasteiger partial charge on any atom is -0.314 e. The largest absolute Gasteiger partial charge is 0.314 e. The maximum atomic E-state index is 4.28. The van der Waals surface area contributed by atoms with Gasteiger partial charge in [0.15, 0.2) is 0 Å². The van der Waals surface area contributed by atoms with Crippen LogP contribution in [0.15, 0.2) is 24.8 Å². The van der Waals surface area contributed by atoms with Crippen LogP contribution in [-0.2, 0) is 6.54 Å². The lowest BCUT2D eigenvalue weighted by molar-refractivity contribution is 0.548. The van der Waals surface area contributed by atoms with E-state index in [4.69, 9.17) is 0 Å². The second-order valence-corrected chi connectivity index (χ2v) is 4.72. The molecule has 2 rings (SSSR count). The Balaban J connectivity index is 1.74. The third-order valence-corrected chi connectivity index (χ3v) is 2.80. The second kappa shape index (κ2) is 6.47. The normalized spacial score (nSPS) is 11.5. The summed E-state index contributed by atoms with van der Waals surface area (Å²) in [4.78, 5) is 4.12. The van der Waals surface area contributed by atoms with Crippen molar-refractivity contribution in [2.24, 2.45) is 0 Å². The number of nitrogens with one attached hydrogen (secondary N) is 2. The van der Waals surface area contributed by atoms with E-state index in [1.807, 2.05) is 23.1 Å². The first-order chi connectivity index (χ1) is 8.77. The van der Waals surface area contributed by atoms with Gasteiger partial charge in [0, 0.05) is 30.5 Å². The summed E-state index contributed by atoms with van der Waals surface area (Å²) in [6, 6.07) is 0.565. The van der Waals surface area contributed by atoms with Crippen molar-refractivity contribution in [3.63, 3.8) is 0 Å². The summed E-state index contributed by atoms with van der Waals surface area (Å²) in [5, 5.41) is 11.1. The Morgan fingerprint density at radius 1 is 1.28 bits per heavy atom. The fraction of sp³-hybridized carbons (Fsp3) is 0.538. The van der Waals surface area contributed by atoms with Crippen LogP contribution in [0, 0.1) is 0 Å². The molecule has 0 saturated heterocycles. The summed E-state index contributed by atoms with van der Waals surface area (Å²) in [5.74, 6) is 0. The molecule has 0 aliphatic rings. The zero-order valence-electron chi connectivity index (χ0n) is 11.1. The summed E-state index contributed by atoms with van der Waals surface area (Å²) >= 11 is 0. The molecule has 0 radical (unpaired) electrons. The van der Waals surface area contributed by atoms with Crippen molar-refractivity contribution in [2.45, 2.75) is 32.9 Å². The van der Waals surface area contributed by atoms with Crippen molar-refractivity contribution in [3.05, 3.63) is 30.4 Å². The Morgan fingerprint density at radius 3 is 3.00 bits per heavy atom. The topological polar surface area (TPSA) is 54.2 Å². The highest BCUT2D eigenvalue weighted by Crippen LogP contribution is 2.07. The van der Waals surface area contributed by atoms with Crippen LogP contribution in [0.5, 0.6) is 0 Å². The summed E-state index contributed by atoms with van der Waals surface area (Å²) in [5.41, 5.74) is 2.27. The molecule has 0 fully saturated rings. The minimum atomic E-state index is 0.565. The van der Waals surface area contributed by atoms with E-state index in [1.165, 1.54) is 5.56 Å². The van der Waals surface area contributed by atoms with Gasteiger partial charge in [-0.05, 0) is 19.5 Å². The lowest BCUT2D eigenvalue weighted by atomic mass is 10.3. The molecule has 0 spiro atoms. The molecular weight excluding hydrogens is 226 g/mol. The van der Waals surface area contributed by atoms with Gasteiger partial charge in [0.1, 0.15) is 0 Å². The highest BCUT2D eigenvalue weighted by molar-refractivity contribution is 5.51. The number of hydrogen-bond acceptors (Lipinski definition) is 4. The molecular formula is C13H21N5. The third kappa shape index (κ3) is 3.51. The Labute approximate surface area is 108 Å². The number of aromatic nitrogens is 3. The van der Waals surface area contributed by atoms with E-state index in [0.29, 0.717) is 6.04 Å².